The fraction of sp³-hybridized carbons (Fsp3) is 0.375. The lowest BCUT2D eigenvalue weighted by atomic mass is 10.1. The highest BCUT2D eigenvalue weighted by molar-refractivity contribution is 5.69. The average molecular weight is 298 g/mol. The number of nitrogens with one attached hydrogen (secondary N) is 1. The molecule has 0 bridgehead atoms. The van der Waals surface area contributed by atoms with Gasteiger partial charge in [-0.25, -0.2) is 4.98 Å². The minimum Gasteiger partial charge on any atom is -0.399 e. The Bertz CT molecular complexity index is 655. The largest absolute Gasteiger partial charge is 0.399 e. The number of aromatic nitrogens is 2. The number of benzene rings is 1. The summed E-state index contributed by atoms with van der Waals surface area (Å²) in [5, 5.41) is 3.33. The molecule has 1 aliphatic rings. The lowest BCUT2D eigenvalue weighted by Crippen LogP contribution is -2.22. The molecular formula is C16H22N6. The van der Waals surface area contributed by atoms with Gasteiger partial charge < -0.3 is 20.9 Å². The van der Waals surface area contributed by atoms with E-state index in [1.54, 1.807) is 6.20 Å². The topological polar surface area (TPSA) is 70.3 Å². The fourth-order valence-electron chi connectivity index (χ4n) is 2.61. The summed E-state index contributed by atoms with van der Waals surface area (Å²) in [6.07, 6.45) is 2.78. The van der Waals surface area contributed by atoms with Gasteiger partial charge >= 0.3 is 0 Å². The number of nitrogens with zero attached hydrogens (tertiary/aromatic N) is 4. The lowest BCUT2D eigenvalue weighted by molar-refractivity contribution is 0.425. The first-order valence-corrected chi connectivity index (χ1v) is 7.51. The minimum absolute atomic E-state index is 0.735. The molecule has 1 aliphatic heterocycles. The van der Waals surface area contributed by atoms with Crippen LogP contribution in [0.3, 0.4) is 0 Å². The summed E-state index contributed by atoms with van der Waals surface area (Å²) in [5.41, 5.74) is 9.07. The molecular weight excluding hydrogens is 276 g/mol. The van der Waals surface area contributed by atoms with E-state index >= 15 is 0 Å². The summed E-state index contributed by atoms with van der Waals surface area (Å²) in [7, 11) is 4.11. The zero-order valence-corrected chi connectivity index (χ0v) is 13.1. The van der Waals surface area contributed by atoms with Gasteiger partial charge in [0.2, 0.25) is 5.95 Å². The molecule has 0 saturated carbocycles. The number of likely N-dealkylation sites (N-methyl/N-ethyl adjacent to an activating group) is 1. The molecule has 0 amide bonds. The third kappa shape index (κ3) is 3.12. The van der Waals surface area contributed by atoms with Crippen LogP contribution in [-0.2, 0) is 6.42 Å². The summed E-state index contributed by atoms with van der Waals surface area (Å²) in [6, 6.07) is 7.91. The number of hydrogen-bond donors (Lipinski definition) is 2. The number of nitrogen functional groups attached to an aromatic ring is 1. The number of hydrogen-bond acceptors (Lipinski definition) is 6. The zero-order chi connectivity index (χ0) is 15.5. The Hall–Kier alpha value is -2.34. The minimum atomic E-state index is 0.735. The van der Waals surface area contributed by atoms with Crippen LogP contribution in [0.4, 0.5) is 23.1 Å². The smallest absolute Gasteiger partial charge is 0.231 e. The summed E-state index contributed by atoms with van der Waals surface area (Å²) in [5.74, 6) is 1.59. The molecule has 0 fully saturated rings. The van der Waals surface area contributed by atoms with Crippen molar-refractivity contribution in [1.82, 2.24) is 14.9 Å². The molecule has 22 heavy (non-hydrogen) atoms. The van der Waals surface area contributed by atoms with E-state index in [2.05, 4.69) is 39.2 Å². The van der Waals surface area contributed by atoms with E-state index in [0.29, 0.717) is 0 Å². The standard InChI is InChI=1S/C16H22N6/c1-21(2)10-8-18-15-5-7-19-16(20-15)22-9-6-12-11-13(17)3-4-14(12)22/h3-5,7,11H,6,8-10,17H2,1-2H3,(H,18,19,20). The van der Waals surface area contributed by atoms with Gasteiger partial charge in [0.05, 0.1) is 0 Å². The molecule has 0 spiro atoms. The summed E-state index contributed by atoms with van der Waals surface area (Å²) in [6.45, 7) is 2.71. The van der Waals surface area contributed by atoms with E-state index in [9.17, 15) is 0 Å². The Balaban J connectivity index is 1.76. The van der Waals surface area contributed by atoms with Gasteiger partial charge in [0.25, 0.3) is 0 Å². The summed E-state index contributed by atoms with van der Waals surface area (Å²) < 4.78 is 0. The highest BCUT2D eigenvalue weighted by atomic mass is 15.3. The van der Waals surface area contributed by atoms with Crippen LogP contribution < -0.4 is 16.0 Å². The summed E-state index contributed by atoms with van der Waals surface area (Å²) in [4.78, 5) is 13.3. The average Bonchev–Trinajstić information content (AvgIpc) is 2.90. The molecule has 1 aromatic heterocycles. The van der Waals surface area contributed by atoms with Crippen LogP contribution in [-0.4, -0.2) is 48.6 Å². The third-order valence-corrected chi connectivity index (χ3v) is 3.75. The molecule has 1 aromatic carbocycles. The number of rotatable bonds is 5. The van der Waals surface area contributed by atoms with Crippen molar-refractivity contribution in [1.29, 1.82) is 0 Å². The maximum atomic E-state index is 5.85. The molecule has 0 saturated heterocycles. The van der Waals surface area contributed by atoms with Crippen molar-refractivity contribution in [3.8, 4) is 0 Å². The van der Waals surface area contributed by atoms with E-state index in [4.69, 9.17) is 5.73 Å². The van der Waals surface area contributed by atoms with Gasteiger partial charge in [0.1, 0.15) is 5.82 Å². The van der Waals surface area contributed by atoms with E-state index in [1.807, 2.05) is 24.3 Å². The highest BCUT2D eigenvalue weighted by Gasteiger charge is 2.22. The number of anilines is 4. The molecule has 6 heteroatoms. The molecule has 3 rings (SSSR count). The predicted molar refractivity (Wildman–Crippen MR) is 90.6 cm³/mol. The van der Waals surface area contributed by atoms with Gasteiger partial charge in [-0.3, -0.25) is 0 Å². The van der Waals surface area contributed by atoms with Crippen molar-refractivity contribution in [3.63, 3.8) is 0 Å². The van der Waals surface area contributed by atoms with Crippen LogP contribution in [0.15, 0.2) is 30.5 Å². The third-order valence-electron chi connectivity index (χ3n) is 3.75. The van der Waals surface area contributed by atoms with Crippen molar-refractivity contribution < 1.29 is 0 Å². The van der Waals surface area contributed by atoms with Crippen LogP contribution >= 0.6 is 0 Å². The molecule has 2 aromatic rings. The first kappa shape index (κ1) is 14.6. The first-order valence-electron chi connectivity index (χ1n) is 7.51. The second-order valence-corrected chi connectivity index (χ2v) is 5.76. The van der Waals surface area contributed by atoms with Crippen molar-refractivity contribution in [2.75, 3.05) is 49.7 Å². The first-order chi connectivity index (χ1) is 10.6. The van der Waals surface area contributed by atoms with Crippen LogP contribution in [0.5, 0.6) is 0 Å². The number of nitrogens with two attached hydrogens (primary N) is 1. The SMILES string of the molecule is CN(C)CCNc1ccnc(N2CCc3cc(N)ccc32)n1. The lowest BCUT2D eigenvalue weighted by Gasteiger charge is -2.18. The Morgan fingerprint density at radius 3 is 3.00 bits per heavy atom. The molecule has 0 aliphatic carbocycles. The van der Waals surface area contributed by atoms with E-state index in [0.717, 1.165) is 49.2 Å². The van der Waals surface area contributed by atoms with Crippen molar-refractivity contribution in [3.05, 3.63) is 36.0 Å². The Morgan fingerprint density at radius 1 is 1.32 bits per heavy atom. The molecule has 0 unspecified atom stereocenters. The molecule has 6 nitrogen and oxygen atoms in total. The predicted octanol–water partition coefficient (Wildman–Crippen LogP) is 1.73. The molecule has 0 atom stereocenters. The molecule has 2 heterocycles. The van der Waals surface area contributed by atoms with Crippen molar-refractivity contribution in [2.45, 2.75) is 6.42 Å². The highest BCUT2D eigenvalue weighted by Crippen LogP contribution is 2.33. The van der Waals surface area contributed by atoms with E-state index < -0.39 is 0 Å². The van der Waals surface area contributed by atoms with Gasteiger partial charge in [-0.15, -0.1) is 0 Å². The monoisotopic (exact) mass is 298 g/mol. The quantitative estimate of drug-likeness (QED) is 0.819. The van der Waals surface area contributed by atoms with Crippen molar-refractivity contribution in [2.24, 2.45) is 0 Å². The van der Waals surface area contributed by atoms with Gasteiger partial charge in [-0.2, -0.15) is 4.98 Å². The van der Waals surface area contributed by atoms with Gasteiger partial charge in [0.15, 0.2) is 0 Å². The Morgan fingerprint density at radius 2 is 2.18 bits per heavy atom. The van der Waals surface area contributed by atoms with Crippen molar-refractivity contribution >= 4 is 23.1 Å². The van der Waals surface area contributed by atoms with Crippen LogP contribution in [0.2, 0.25) is 0 Å². The maximum Gasteiger partial charge on any atom is 0.231 e. The van der Waals surface area contributed by atoms with Gasteiger partial charge in [-0.05, 0) is 50.3 Å². The normalized spacial score (nSPS) is 13.5. The molecule has 116 valence electrons. The fourth-order valence-corrected chi connectivity index (χ4v) is 2.61. The van der Waals surface area contributed by atoms with Crippen LogP contribution in [0, 0.1) is 0 Å². The Kier molecular flexibility index (Phi) is 4.11. The second kappa shape index (κ2) is 6.19. The van der Waals surface area contributed by atoms with Crippen LogP contribution in [0.25, 0.3) is 0 Å². The van der Waals surface area contributed by atoms with Gasteiger partial charge in [0, 0.05) is 37.2 Å². The molecule has 0 radical (unpaired) electrons. The van der Waals surface area contributed by atoms with E-state index in [1.165, 1.54) is 5.56 Å². The van der Waals surface area contributed by atoms with Gasteiger partial charge in [-0.1, -0.05) is 0 Å². The second-order valence-electron chi connectivity index (χ2n) is 5.76. The summed E-state index contributed by atoms with van der Waals surface area (Å²) >= 11 is 0. The van der Waals surface area contributed by atoms with E-state index in [-0.39, 0.29) is 0 Å². The number of fused-ring (bicyclic) bond motifs is 1. The van der Waals surface area contributed by atoms with Crippen LogP contribution in [0.1, 0.15) is 5.56 Å². The maximum absolute atomic E-state index is 5.85. The zero-order valence-electron chi connectivity index (χ0n) is 13.1. The molecule has 3 N–H and O–H groups in total. The Labute approximate surface area is 131 Å².